The lowest BCUT2D eigenvalue weighted by molar-refractivity contribution is -0.132. The maximum atomic E-state index is 10.8. The molecule has 0 aromatic heterocycles. The zero-order valence-electron chi connectivity index (χ0n) is 8.58. The fourth-order valence-electron chi connectivity index (χ4n) is 1.38. The van der Waals surface area contributed by atoms with Crippen LogP contribution in [-0.2, 0) is 4.79 Å². The highest BCUT2D eigenvalue weighted by Crippen LogP contribution is 2.22. The van der Waals surface area contributed by atoms with Crippen LogP contribution in [0.2, 0.25) is 0 Å². The Hall–Kier alpha value is -1.51. The maximum Gasteiger partial charge on any atom is 0.337 e. The van der Waals surface area contributed by atoms with Crippen molar-refractivity contribution in [2.24, 2.45) is 0 Å². The number of allylic oxidation sites excluding steroid dienone is 1. The second-order valence-electron chi connectivity index (χ2n) is 3.36. The first-order valence-electron chi connectivity index (χ1n) is 4.65. The Morgan fingerprint density at radius 1 is 1.64 bits per heavy atom. The van der Waals surface area contributed by atoms with Gasteiger partial charge in [-0.05, 0) is 25.0 Å². The van der Waals surface area contributed by atoms with Crippen LogP contribution in [0.3, 0.4) is 0 Å². The highest BCUT2D eigenvalue weighted by atomic mass is 16.4. The van der Waals surface area contributed by atoms with E-state index in [1.165, 1.54) is 0 Å². The van der Waals surface area contributed by atoms with Crippen LogP contribution in [0.5, 0.6) is 0 Å². The number of nitrogens with zero attached hydrogens (tertiary/aromatic N) is 1. The number of rotatable bonds is 3. The summed E-state index contributed by atoms with van der Waals surface area (Å²) in [5.74, 6) is -0.891. The van der Waals surface area contributed by atoms with E-state index in [1.807, 2.05) is 11.8 Å². The second kappa shape index (κ2) is 4.13. The Morgan fingerprint density at radius 3 is 2.79 bits per heavy atom. The van der Waals surface area contributed by atoms with E-state index >= 15 is 0 Å². The predicted molar refractivity (Wildman–Crippen MR) is 55.6 cm³/mol. The van der Waals surface area contributed by atoms with Gasteiger partial charge in [0.1, 0.15) is 0 Å². The van der Waals surface area contributed by atoms with Gasteiger partial charge in [0, 0.05) is 18.4 Å². The molecule has 76 valence electrons. The van der Waals surface area contributed by atoms with Crippen LogP contribution in [0.15, 0.2) is 35.7 Å². The van der Waals surface area contributed by atoms with Crippen LogP contribution in [0.1, 0.15) is 20.3 Å². The van der Waals surface area contributed by atoms with Gasteiger partial charge in [-0.15, -0.1) is 0 Å². The number of hydrogen-bond donors (Lipinski definition) is 1. The Balaban J connectivity index is 2.95. The van der Waals surface area contributed by atoms with E-state index in [1.54, 1.807) is 12.3 Å². The fraction of sp³-hybridized carbons (Fsp3) is 0.364. The molecule has 1 N–H and O–H groups in total. The zero-order chi connectivity index (χ0) is 10.7. The Kier molecular flexibility index (Phi) is 3.12. The molecule has 0 atom stereocenters. The Labute approximate surface area is 84.0 Å². The highest BCUT2D eigenvalue weighted by molar-refractivity contribution is 5.90. The lowest BCUT2D eigenvalue weighted by Gasteiger charge is -2.26. The van der Waals surface area contributed by atoms with Crippen molar-refractivity contribution >= 4 is 5.97 Å². The van der Waals surface area contributed by atoms with Gasteiger partial charge in [0.05, 0.1) is 5.57 Å². The van der Waals surface area contributed by atoms with E-state index in [0.29, 0.717) is 5.57 Å². The van der Waals surface area contributed by atoms with Crippen molar-refractivity contribution in [2.75, 3.05) is 6.54 Å². The molecule has 0 unspecified atom stereocenters. The molecule has 1 rings (SSSR count). The van der Waals surface area contributed by atoms with Crippen molar-refractivity contribution in [3.63, 3.8) is 0 Å². The Bertz CT molecular complexity index is 326. The summed E-state index contributed by atoms with van der Waals surface area (Å²) in [6.07, 6.45) is 4.26. The van der Waals surface area contributed by atoms with Crippen molar-refractivity contribution in [1.29, 1.82) is 0 Å². The first-order chi connectivity index (χ1) is 6.56. The van der Waals surface area contributed by atoms with E-state index in [-0.39, 0.29) is 0 Å². The minimum Gasteiger partial charge on any atom is -0.478 e. The molecule has 3 heteroatoms. The topological polar surface area (TPSA) is 40.5 Å². The summed E-state index contributed by atoms with van der Waals surface area (Å²) in [7, 11) is 0. The van der Waals surface area contributed by atoms with Crippen LogP contribution >= 0.6 is 0 Å². The van der Waals surface area contributed by atoms with E-state index in [0.717, 1.165) is 24.2 Å². The van der Waals surface area contributed by atoms with Gasteiger partial charge in [0.2, 0.25) is 0 Å². The minimum atomic E-state index is -0.891. The monoisotopic (exact) mass is 193 g/mol. The number of carbonyl (C=O) groups is 1. The van der Waals surface area contributed by atoms with E-state index in [4.69, 9.17) is 5.11 Å². The van der Waals surface area contributed by atoms with Crippen molar-refractivity contribution in [2.45, 2.75) is 20.3 Å². The van der Waals surface area contributed by atoms with Gasteiger partial charge in [-0.1, -0.05) is 13.5 Å². The molecular formula is C11H15NO2. The first kappa shape index (κ1) is 10.6. The van der Waals surface area contributed by atoms with Crippen LogP contribution < -0.4 is 0 Å². The molecule has 0 aliphatic carbocycles. The van der Waals surface area contributed by atoms with Crippen molar-refractivity contribution in [3.05, 3.63) is 35.7 Å². The summed E-state index contributed by atoms with van der Waals surface area (Å²) >= 11 is 0. The maximum absolute atomic E-state index is 10.8. The molecule has 0 fully saturated rings. The van der Waals surface area contributed by atoms with Crippen LogP contribution in [0.4, 0.5) is 0 Å². The summed E-state index contributed by atoms with van der Waals surface area (Å²) in [6.45, 7) is 8.64. The summed E-state index contributed by atoms with van der Waals surface area (Å²) in [5.41, 5.74) is 2.12. The molecule has 14 heavy (non-hydrogen) atoms. The molecule has 0 bridgehead atoms. The van der Waals surface area contributed by atoms with Gasteiger partial charge in [-0.3, -0.25) is 0 Å². The molecule has 0 aromatic carbocycles. The van der Waals surface area contributed by atoms with Crippen molar-refractivity contribution in [1.82, 2.24) is 4.90 Å². The molecule has 0 aromatic rings. The first-order valence-corrected chi connectivity index (χ1v) is 4.65. The van der Waals surface area contributed by atoms with E-state index < -0.39 is 5.97 Å². The molecule has 1 aliphatic heterocycles. The molecule has 0 spiro atoms. The van der Waals surface area contributed by atoms with Crippen LogP contribution in [0.25, 0.3) is 0 Å². The zero-order valence-corrected chi connectivity index (χ0v) is 8.58. The second-order valence-corrected chi connectivity index (χ2v) is 3.36. The van der Waals surface area contributed by atoms with Gasteiger partial charge in [0.25, 0.3) is 0 Å². The SMILES string of the molecule is C=C1C(C)=CC(C(=O)O)=CN1CCC. The van der Waals surface area contributed by atoms with Gasteiger partial charge < -0.3 is 10.0 Å². The largest absolute Gasteiger partial charge is 0.478 e. The third-order valence-corrected chi connectivity index (χ3v) is 2.18. The lowest BCUT2D eigenvalue weighted by Crippen LogP contribution is -2.22. The summed E-state index contributed by atoms with van der Waals surface area (Å²) in [4.78, 5) is 12.7. The molecule has 0 amide bonds. The number of carboxylic acid groups (broad SMARTS) is 1. The average molecular weight is 193 g/mol. The van der Waals surface area contributed by atoms with Crippen molar-refractivity contribution in [3.8, 4) is 0 Å². The number of hydrogen-bond acceptors (Lipinski definition) is 2. The predicted octanol–water partition coefficient (Wildman–Crippen LogP) is 2.14. The summed E-state index contributed by atoms with van der Waals surface area (Å²) in [5, 5.41) is 8.86. The molecule has 1 aliphatic rings. The third kappa shape index (κ3) is 2.05. The van der Waals surface area contributed by atoms with Crippen molar-refractivity contribution < 1.29 is 9.90 Å². The minimum absolute atomic E-state index is 0.323. The van der Waals surface area contributed by atoms with Gasteiger partial charge in [0.15, 0.2) is 0 Å². The van der Waals surface area contributed by atoms with Crippen LogP contribution in [-0.4, -0.2) is 22.5 Å². The summed E-state index contributed by atoms with van der Waals surface area (Å²) < 4.78 is 0. The molecule has 0 saturated heterocycles. The fourth-order valence-corrected chi connectivity index (χ4v) is 1.38. The van der Waals surface area contributed by atoms with Crippen LogP contribution in [0, 0.1) is 0 Å². The standard InChI is InChI=1S/C11H15NO2/c1-4-5-12-7-10(11(13)14)6-8(2)9(12)3/h6-7H,3-5H2,1-2H3,(H,13,14). The highest BCUT2D eigenvalue weighted by Gasteiger charge is 2.16. The molecule has 1 heterocycles. The molecule has 0 saturated carbocycles. The smallest absolute Gasteiger partial charge is 0.337 e. The summed E-state index contributed by atoms with van der Waals surface area (Å²) in [6, 6.07) is 0. The number of aliphatic carboxylic acids is 1. The van der Waals surface area contributed by atoms with Gasteiger partial charge in [-0.2, -0.15) is 0 Å². The Morgan fingerprint density at radius 2 is 2.29 bits per heavy atom. The van der Waals surface area contributed by atoms with Gasteiger partial charge >= 0.3 is 5.97 Å². The lowest BCUT2D eigenvalue weighted by atomic mass is 10.1. The quantitative estimate of drug-likeness (QED) is 0.746. The van der Waals surface area contributed by atoms with E-state index in [9.17, 15) is 4.79 Å². The third-order valence-electron chi connectivity index (χ3n) is 2.18. The van der Waals surface area contributed by atoms with E-state index in [2.05, 4.69) is 13.5 Å². The number of carboxylic acids is 1. The molecule has 0 radical (unpaired) electrons. The average Bonchev–Trinajstić information content (AvgIpc) is 2.12. The normalized spacial score (nSPS) is 16.4. The van der Waals surface area contributed by atoms with Gasteiger partial charge in [-0.25, -0.2) is 4.79 Å². The molecule has 3 nitrogen and oxygen atoms in total. The molecular weight excluding hydrogens is 178 g/mol.